The first kappa shape index (κ1) is 92.1. The Hall–Kier alpha value is -11.8. The van der Waals surface area contributed by atoms with Crippen molar-refractivity contribution in [2.45, 2.75) is 126 Å². The van der Waals surface area contributed by atoms with Gasteiger partial charge in [-0.25, -0.2) is 59.8 Å². The third kappa shape index (κ3) is 17.1. The molecule has 0 bridgehead atoms. The van der Waals surface area contributed by atoms with Gasteiger partial charge in [0.2, 0.25) is 47.3 Å². The summed E-state index contributed by atoms with van der Waals surface area (Å²) in [5, 5.41) is 2.78. The number of rotatable bonds is 12. The van der Waals surface area contributed by atoms with Gasteiger partial charge in [-0.2, -0.15) is 0 Å². The molecule has 8 aromatic heterocycles. The molecule has 20 rings (SSSR count). The van der Waals surface area contributed by atoms with Gasteiger partial charge in [0, 0.05) is 195 Å². The SMILES string of the molecule is Cc1nc(N2CCC3(CC2)Oc2ncccc2[C@@H]3N)nc(C(N)=O)c1-c1cccc(Cl)c1Cl.Cc1nc(N2CCC3(CC2)Oc2ncccc2[C@@H]3N)nc(C(N)=O)c1-c1cccc(Cl)c1Cl.Cc1nc(N2CCC3(CC2)Oc2ncccc2[C@H]3N)nc(C(N)=O)c1-c1cccc(Cl)c1Cl.Cc1nc(N2CCC3(CC2)Oc2ncccc2[C@H]3N)nc(C(N)=O)c1-c1cccc(Cl)c1Cl. The molecular formula is C92H88Cl8N24O8. The van der Waals surface area contributed by atoms with E-state index in [2.05, 4.69) is 59.8 Å². The summed E-state index contributed by atoms with van der Waals surface area (Å²) in [6.07, 6.45) is 12.2. The van der Waals surface area contributed by atoms with Crippen molar-refractivity contribution in [3.8, 4) is 68.0 Å². The van der Waals surface area contributed by atoms with Crippen LogP contribution in [0.25, 0.3) is 44.5 Å². The van der Waals surface area contributed by atoms with Gasteiger partial charge < -0.3 is 84.4 Å². The van der Waals surface area contributed by atoms with Crippen LogP contribution in [0, 0.1) is 27.7 Å². The number of benzene rings is 4. The van der Waals surface area contributed by atoms with E-state index in [4.69, 9.17) is 158 Å². The minimum absolute atomic E-state index is 0.104. The molecule has 12 aromatic rings. The summed E-state index contributed by atoms with van der Waals surface area (Å²) in [5.41, 5.74) is 57.6. The highest BCUT2D eigenvalue weighted by atomic mass is 35.5. The van der Waals surface area contributed by atoms with E-state index in [0.29, 0.717) is 259 Å². The number of anilines is 4. The second-order valence-corrected chi connectivity index (χ2v) is 36.5. The number of halogens is 8. The van der Waals surface area contributed by atoms with Gasteiger partial charge >= 0.3 is 0 Å². The average molecular weight is 1940 g/mol. The number of piperidine rings is 4. The van der Waals surface area contributed by atoms with E-state index in [0.717, 1.165) is 22.3 Å². The van der Waals surface area contributed by atoms with Crippen molar-refractivity contribution in [2.75, 3.05) is 72.0 Å². The lowest BCUT2D eigenvalue weighted by atomic mass is 9.83. The second kappa shape index (κ2) is 37.0. The largest absolute Gasteiger partial charge is 0.469 e. The molecule has 4 fully saturated rings. The van der Waals surface area contributed by atoms with E-state index >= 15 is 0 Å². The minimum atomic E-state index is -0.663. The van der Waals surface area contributed by atoms with Crippen LogP contribution in [0.1, 0.15) is 163 Å². The van der Waals surface area contributed by atoms with Crippen molar-refractivity contribution in [1.29, 1.82) is 0 Å². The smallest absolute Gasteiger partial charge is 0.268 e. The summed E-state index contributed by atoms with van der Waals surface area (Å²) < 4.78 is 24.9. The van der Waals surface area contributed by atoms with E-state index in [1.54, 1.807) is 125 Å². The number of nitrogens with two attached hydrogens (primary N) is 8. The van der Waals surface area contributed by atoms with E-state index in [9.17, 15) is 19.2 Å². The number of aryl methyl sites for hydroxylation is 4. The standard InChI is InChI=1S/4C23H22Cl2N6O2/c4*1-12-16(13-4-2-6-15(24)17(13)25)18(20(27)32)30-22(29-12)31-10-7-23(8-11-31)19(26)14-5-3-9-28-21(14)33-23/h4*2-6,9,19H,7-8,10-11,26H2,1H3,(H2,27,32)/t4*19-/m1100/s1. The lowest BCUT2D eigenvalue weighted by Crippen LogP contribution is -2.52. The Bertz CT molecular complexity index is 5820. The van der Waals surface area contributed by atoms with Crippen LogP contribution in [0.2, 0.25) is 40.2 Å². The van der Waals surface area contributed by atoms with Gasteiger partial charge in [0.15, 0.2) is 0 Å². The first-order valence-corrected chi connectivity index (χ1v) is 45.3. The Morgan fingerprint density at radius 3 is 0.659 bits per heavy atom. The fourth-order valence-electron chi connectivity index (χ4n) is 18.6. The maximum Gasteiger partial charge on any atom is 0.268 e. The van der Waals surface area contributed by atoms with Gasteiger partial charge in [0.1, 0.15) is 45.2 Å². The lowest BCUT2D eigenvalue weighted by Gasteiger charge is -2.40. The molecular weight excluding hydrogens is 1850 g/mol. The number of ether oxygens (including phenoxy) is 4. The third-order valence-electron chi connectivity index (χ3n) is 25.7. The van der Waals surface area contributed by atoms with Gasteiger partial charge in [-0.1, -0.05) is 166 Å². The number of primary amides is 4. The van der Waals surface area contributed by atoms with Crippen LogP contribution in [0.3, 0.4) is 0 Å². The lowest BCUT2D eigenvalue weighted by molar-refractivity contribution is 0.0394. The number of hydrogen-bond donors (Lipinski definition) is 8. The molecule has 32 nitrogen and oxygen atoms in total. The summed E-state index contributed by atoms with van der Waals surface area (Å²) in [7, 11) is 0. The predicted octanol–water partition coefficient (Wildman–Crippen LogP) is 14.7. The summed E-state index contributed by atoms with van der Waals surface area (Å²) in [5.74, 6) is 1.48. The molecule has 40 heteroatoms. The number of fused-ring (bicyclic) bond motifs is 4. The van der Waals surface area contributed by atoms with Gasteiger partial charge in [-0.3, -0.25) is 19.2 Å². The van der Waals surface area contributed by atoms with E-state index in [-0.39, 0.29) is 46.9 Å². The number of hydrogen-bond acceptors (Lipinski definition) is 28. The van der Waals surface area contributed by atoms with Crippen LogP contribution >= 0.6 is 92.8 Å². The van der Waals surface area contributed by atoms with E-state index in [1.165, 1.54) is 0 Å². The fourth-order valence-corrected chi connectivity index (χ4v) is 20.2. The second-order valence-electron chi connectivity index (χ2n) is 33.3. The van der Waals surface area contributed by atoms with Crippen molar-refractivity contribution >= 4 is 140 Å². The maximum atomic E-state index is 12.3. The molecule has 4 atom stereocenters. The molecule has 0 aliphatic carbocycles. The third-order valence-corrected chi connectivity index (χ3v) is 29.0. The average Bonchev–Trinajstić information content (AvgIpc) is 1.63. The monoisotopic (exact) mass is 1940 g/mol. The fraction of sp³-hybridized carbons (Fsp3) is 0.304. The molecule has 0 saturated carbocycles. The molecule has 16 N–H and O–H groups in total. The van der Waals surface area contributed by atoms with Crippen LogP contribution in [-0.4, -0.2) is 158 Å². The molecule has 16 heterocycles. The molecule has 8 aliphatic rings. The Kier molecular flexibility index (Phi) is 25.8. The zero-order chi connectivity index (χ0) is 93.3. The van der Waals surface area contributed by atoms with E-state index in [1.807, 2.05) is 68.1 Å². The molecule has 132 heavy (non-hydrogen) atoms. The van der Waals surface area contributed by atoms with Crippen LogP contribution in [-0.2, 0) is 0 Å². The van der Waals surface area contributed by atoms with Crippen LogP contribution in [0.4, 0.5) is 23.8 Å². The maximum absolute atomic E-state index is 12.3. The molecule has 0 radical (unpaired) electrons. The van der Waals surface area contributed by atoms with Crippen molar-refractivity contribution in [2.24, 2.45) is 45.9 Å². The number of carbonyl (C=O) groups is 4. The van der Waals surface area contributed by atoms with Gasteiger partial charge in [-0.15, -0.1) is 0 Å². The molecule has 0 unspecified atom stereocenters. The highest BCUT2D eigenvalue weighted by Crippen LogP contribution is 2.53. The Morgan fingerprint density at radius 2 is 0.485 bits per heavy atom. The number of pyridine rings is 4. The van der Waals surface area contributed by atoms with Gasteiger partial charge in [0.25, 0.3) is 23.6 Å². The van der Waals surface area contributed by atoms with Gasteiger partial charge in [0.05, 0.1) is 87.1 Å². The van der Waals surface area contributed by atoms with Crippen molar-refractivity contribution in [3.63, 3.8) is 0 Å². The molecule has 4 spiro atoms. The normalized spacial score (nSPS) is 18.8. The number of carbonyl (C=O) groups excluding carboxylic acids is 4. The van der Waals surface area contributed by atoms with Gasteiger partial charge in [-0.05, 0) is 76.2 Å². The zero-order valence-corrected chi connectivity index (χ0v) is 77.6. The summed E-state index contributed by atoms with van der Waals surface area (Å²) in [6, 6.07) is 35.1. The Labute approximate surface area is 798 Å². The Morgan fingerprint density at radius 1 is 0.295 bits per heavy atom. The van der Waals surface area contributed by atoms with Crippen molar-refractivity contribution in [3.05, 3.63) is 254 Å². The first-order valence-electron chi connectivity index (χ1n) is 42.3. The highest BCUT2D eigenvalue weighted by Gasteiger charge is 2.54. The zero-order valence-electron chi connectivity index (χ0n) is 71.5. The predicted molar refractivity (Wildman–Crippen MR) is 507 cm³/mol. The van der Waals surface area contributed by atoms with Crippen LogP contribution in [0.15, 0.2) is 146 Å². The molecule has 680 valence electrons. The van der Waals surface area contributed by atoms with Crippen LogP contribution in [0.5, 0.6) is 23.5 Å². The van der Waals surface area contributed by atoms with Crippen molar-refractivity contribution < 1.29 is 38.1 Å². The number of nitrogens with zero attached hydrogens (tertiary/aromatic N) is 16. The molecule has 4 saturated heterocycles. The minimum Gasteiger partial charge on any atom is -0.469 e. The van der Waals surface area contributed by atoms with Crippen LogP contribution < -0.4 is 84.4 Å². The molecule has 4 aromatic carbocycles. The summed E-state index contributed by atoms with van der Waals surface area (Å²) >= 11 is 50.3. The highest BCUT2D eigenvalue weighted by molar-refractivity contribution is 6.46. The topological polar surface area (TPSA) is 481 Å². The molecule has 4 amide bonds. The van der Waals surface area contributed by atoms with Crippen molar-refractivity contribution in [1.82, 2.24) is 59.8 Å². The Balaban J connectivity index is 0.000000123. The summed E-state index contributed by atoms with van der Waals surface area (Å²) in [4.78, 5) is 112. The van der Waals surface area contributed by atoms with E-state index < -0.39 is 46.0 Å². The summed E-state index contributed by atoms with van der Waals surface area (Å²) in [6.45, 7) is 12.1. The number of amides is 4. The number of aromatic nitrogens is 12. The first-order chi connectivity index (χ1) is 63.2. The molecule has 8 aliphatic heterocycles. The quantitative estimate of drug-likeness (QED) is 0.0563.